The second-order valence-corrected chi connectivity index (χ2v) is 2.68. The van der Waals surface area contributed by atoms with E-state index >= 15 is 0 Å². The van der Waals surface area contributed by atoms with Gasteiger partial charge in [0.15, 0.2) is 5.78 Å². The van der Waals surface area contributed by atoms with Crippen LogP contribution in [0.25, 0.3) is 0 Å². The zero-order valence-electron chi connectivity index (χ0n) is 7.26. The fraction of sp³-hybridized carbons (Fsp3) is 0.375. The van der Waals surface area contributed by atoms with Crippen molar-refractivity contribution in [2.75, 3.05) is 0 Å². The molecule has 0 fully saturated rings. The highest BCUT2D eigenvalue weighted by atomic mass is 16.1. The van der Waals surface area contributed by atoms with E-state index in [0.717, 1.165) is 0 Å². The predicted octanol–water partition coefficient (Wildman–Crippen LogP) is 0.589. The van der Waals surface area contributed by atoms with Crippen molar-refractivity contribution >= 4 is 5.78 Å². The van der Waals surface area contributed by atoms with Gasteiger partial charge in [0.1, 0.15) is 11.4 Å². The summed E-state index contributed by atoms with van der Waals surface area (Å²) in [5.41, 5.74) is 0.952. The number of aryl methyl sites for hydroxylation is 2. The number of aromatic nitrogens is 2. The van der Waals surface area contributed by atoms with Crippen molar-refractivity contribution in [2.24, 2.45) is 0 Å². The SMILES string of the molecule is CC(=O)c1nc(C)c(=O)[nH]c1C. The summed E-state index contributed by atoms with van der Waals surface area (Å²) >= 11 is 0. The number of carbonyl (C=O) groups is 1. The molecule has 4 nitrogen and oxygen atoms in total. The summed E-state index contributed by atoms with van der Waals surface area (Å²) in [5, 5.41) is 0. The molecule has 0 amide bonds. The maximum Gasteiger partial charge on any atom is 0.269 e. The van der Waals surface area contributed by atoms with Crippen LogP contribution in [-0.2, 0) is 0 Å². The molecule has 0 bridgehead atoms. The molecule has 1 heterocycles. The molecule has 0 aliphatic heterocycles. The van der Waals surface area contributed by atoms with E-state index in [9.17, 15) is 9.59 Å². The fourth-order valence-corrected chi connectivity index (χ4v) is 0.965. The summed E-state index contributed by atoms with van der Waals surface area (Å²) in [4.78, 5) is 28.4. The van der Waals surface area contributed by atoms with Gasteiger partial charge in [-0.3, -0.25) is 9.59 Å². The minimum Gasteiger partial charge on any atom is -0.323 e. The van der Waals surface area contributed by atoms with Crippen molar-refractivity contribution in [1.29, 1.82) is 0 Å². The number of aromatic amines is 1. The highest BCUT2D eigenvalue weighted by molar-refractivity contribution is 5.93. The van der Waals surface area contributed by atoms with E-state index in [2.05, 4.69) is 9.97 Å². The number of nitrogens with zero attached hydrogens (tertiary/aromatic N) is 1. The average molecular weight is 166 g/mol. The quantitative estimate of drug-likeness (QED) is 0.621. The molecule has 0 aliphatic rings. The number of carbonyl (C=O) groups excluding carboxylic acids is 1. The Morgan fingerprint density at radius 3 is 2.50 bits per heavy atom. The first-order valence-corrected chi connectivity index (χ1v) is 3.61. The maximum absolute atomic E-state index is 11.0. The zero-order valence-corrected chi connectivity index (χ0v) is 7.26. The molecule has 64 valence electrons. The van der Waals surface area contributed by atoms with E-state index < -0.39 is 0 Å². The highest BCUT2D eigenvalue weighted by Crippen LogP contribution is 1.99. The lowest BCUT2D eigenvalue weighted by atomic mass is 10.2. The summed E-state index contributed by atoms with van der Waals surface area (Å²) in [7, 11) is 0. The number of rotatable bonds is 1. The van der Waals surface area contributed by atoms with E-state index in [0.29, 0.717) is 17.1 Å². The molecule has 0 saturated carbocycles. The van der Waals surface area contributed by atoms with Crippen LogP contribution < -0.4 is 5.56 Å². The second kappa shape index (κ2) is 2.89. The Morgan fingerprint density at radius 1 is 1.42 bits per heavy atom. The normalized spacial score (nSPS) is 9.92. The Balaban J connectivity index is 3.43. The van der Waals surface area contributed by atoms with Crippen LogP contribution >= 0.6 is 0 Å². The van der Waals surface area contributed by atoms with Gasteiger partial charge in [-0.05, 0) is 13.8 Å². The summed E-state index contributed by atoms with van der Waals surface area (Å²) < 4.78 is 0. The molecule has 0 aromatic carbocycles. The van der Waals surface area contributed by atoms with Crippen LogP contribution in [0, 0.1) is 13.8 Å². The van der Waals surface area contributed by atoms with Crippen LogP contribution in [-0.4, -0.2) is 15.8 Å². The number of hydrogen-bond donors (Lipinski definition) is 1. The second-order valence-electron chi connectivity index (χ2n) is 2.68. The third-order valence-corrected chi connectivity index (χ3v) is 1.60. The first-order chi connectivity index (χ1) is 5.52. The molecule has 0 unspecified atom stereocenters. The number of H-pyrrole nitrogens is 1. The Bertz CT molecular complexity index is 379. The smallest absolute Gasteiger partial charge is 0.269 e. The van der Waals surface area contributed by atoms with Gasteiger partial charge in [-0.2, -0.15) is 0 Å². The molecular formula is C8H10N2O2. The van der Waals surface area contributed by atoms with E-state index in [4.69, 9.17) is 0 Å². The molecule has 0 spiro atoms. The standard InChI is InChI=1S/C8H10N2O2/c1-4-7(6(3)11)9-5(2)8(12)10-4/h1-3H3,(H,10,12). The number of nitrogens with one attached hydrogen (secondary N) is 1. The Labute approximate surface area is 69.7 Å². The van der Waals surface area contributed by atoms with Crippen molar-refractivity contribution in [3.63, 3.8) is 0 Å². The van der Waals surface area contributed by atoms with Crippen molar-refractivity contribution < 1.29 is 4.79 Å². The Morgan fingerprint density at radius 2 is 2.00 bits per heavy atom. The van der Waals surface area contributed by atoms with Gasteiger partial charge in [0.05, 0.1) is 0 Å². The van der Waals surface area contributed by atoms with E-state index in [1.165, 1.54) is 6.92 Å². The summed E-state index contributed by atoms with van der Waals surface area (Å²) in [6.07, 6.45) is 0. The van der Waals surface area contributed by atoms with Crippen LogP contribution in [0.3, 0.4) is 0 Å². The molecule has 1 aromatic rings. The van der Waals surface area contributed by atoms with Gasteiger partial charge in [0.25, 0.3) is 5.56 Å². The third-order valence-electron chi connectivity index (χ3n) is 1.60. The number of hydrogen-bond acceptors (Lipinski definition) is 3. The predicted molar refractivity (Wildman–Crippen MR) is 44.3 cm³/mol. The average Bonchev–Trinajstić information content (AvgIpc) is 1.96. The highest BCUT2D eigenvalue weighted by Gasteiger charge is 2.07. The van der Waals surface area contributed by atoms with Gasteiger partial charge >= 0.3 is 0 Å². The maximum atomic E-state index is 11.0. The van der Waals surface area contributed by atoms with Gasteiger partial charge in [0.2, 0.25) is 0 Å². The van der Waals surface area contributed by atoms with Crippen LogP contribution in [0.5, 0.6) is 0 Å². The van der Waals surface area contributed by atoms with Crippen LogP contribution in [0.1, 0.15) is 28.8 Å². The molecule has 1 aromatic heterocycles. The van der Waals surface area contributed by atoms with Crippen LogP contribution in [0.4, 0.5) is 0 Å². The molecular weight excluding hydrogens is 156 g/mol. The number of Topliss-reactive ketones (excluding diaryl/α,β-unsaturated/α-hetero) is 1. The largest absolute Gasteiger partial charge is 0.323 e. The summed E-state index contributed by atoms with van der Waals surface area (Å²) in [6, 6.07) is 0. The molecule has 0 aliphatic carbocycles. The van der Waals surface area contributed by atoms with Gasteiger partial charge in [-0.1, -0.05) is 0 Å². The van der Waals surface area contributed by atoms with Gasteiger partial charge in [-0.15, -0.1) is 0 Å². The molecule has 0 saturated heterocycles. The van der Waals surface area contributed by atoms with Crippen LogP contribution in [0.2, 0.25) is 0 Å². The van der Waals surface area contributed by atoms with Crippen LogP contribution in [0.15, 0.2) is 4.79 Å². The summed E-state index contributed by atoms with van der Waals surface area (Å²) in [6.45, 7) is 4.66. The van der Waals surface area contributed by atoms with Gasteiger partial charge < -0.3 is 4.98 Å². The van der Waals surface area contributed by atoms with Gasteiger partial charge in [-0.25, -0.2) is 4.98 Å². The van der Waals surface area contributed by atoms with E-state index in [1.807, 2.05) is 0 Å². The van der Waals surface area contributed by atoms with Crippen molar-refractivity contribution in [3.05, 3.63) is 27.4 Å². The van der Waals surface area contributed by atoms with Gasteiger partial charge in [0, 0.05) is 12.6 Å². The zero-order chi connectivity index (χ0) is 9.30. The molecule has 1 N–H and O–H groups in total. The topological polar surface area (TPSA) is 62.8 Å². The van der Waals surface area contributed by atoms with E-state index in [-0.39, 0.29) is 11.3 Å². The van der Waals surface area contributed by atoms with E-state index in [1.54, 1.807) is 13.8 Å². The lowest BCUT2D eigenvalue weighted by Gasteiger charge is -2.00. The third kappa shape index (κ3) is 1.42. The first-order valence-electron chi connectivity index (χ1n) is 3.61. The van der Waals surface area contributed by atoms with Crippen molar-refractivity contribution in [3.8, 4) is 0 Å². The monoisotopic (exact) mass is 166 g/mol. The molecule has 12 heavy (non-hydrogen) atoms. The first kappa shape index (κ1) is 8.64. The lowest BCUT2D eigenvalue weighted by molar-refractivity contribution is 0.101. The molecule has 0 radical (unpaired) electrons. The molecule has 4 heteroatoms. The van der Waals surface area contributed by atoms with Crippen molar-refractivity contribution in [1.82, 2.24) is 9.97 Å². The summed E-state index contributed by atoms with van der Waals surface area (Å²) in [5.74, 6) is -0.133. The Hall–Kier alpha value is -1.45. The number of ketones is 1. The molecule has 1 rings (SSSR count). The minimum absolute atomic E-state index is 0.133. The Kier molecular flexibility index (Phi) is 2.08. The molecule has 0 atom stereocenters. The lowest BCUT2D eigenvalue weighted by Crippen LogP contribution is -2.17. The fourth-order valence-electron chi connectivity index (χ4n) is 0.965. The minimum atomic E-state index is -0.238. The van der Waals surface area contributed by atoms with Crippen molar-refractivity contribution in [2.45, 2.75) is 20.8 Å².